The van der Waals surface area contributed by atoms with E-state index in [9.17, 15) is 4.79 Å². The Hall–Kier alpha value is -0.570. The molecule has 0 bridgehead atoms. The SMILES string of the molecule is C[C@H]1OCCCCCCCCCCCOC1=O. The van der Waals surface area contributed by atoms with Gasteiger partial charge in [0, 0.05) is 6.61 Å². The van der Waals surface area contributed by atoms with E-state index in [0.29, 0.717) is 13.2 Å². The Morgan fingerprint density at radius 3 is 1.88 bits per heavy atom. The average Bonchev–Trinajstić information content (AvgIpc) is 2.34. The minimum Gasteiger partial charge on any atom is -0.464 e. The zero-order valence-electron chi connectivity index (χ0n) is 11.1. The highest BCUT2D eigenvalue weighted by Crippen LogP contribution is 2.11. The van der Waals surface area contributed by atoms with Crippen molar-refractivity contribution in [2.24, 2.45) is 0 Å². The van der Waals surface area contributed by atoms with E-state index in [1.807, 2.05) is 0 Å². The maximum absolute atomic E-state index is 11.5. The van der Waals surface area contributed by atoms with Crippen molar-refractivity contribution in [1.29, 1.82) is 0 Å². The van der Waals surface area contributed by atoms with Gasteiger partial charge in [0.05, 0.1) is 6.61 Å². The second-order valence-electron chi connectivity index (χ2n) is 4.86. The Morgan fingerprint density at radius 2 is 1.29 bits per heavy atom. The van der Waals surface area contributed by atoms with Crippen molar-refractivity contribution in [2.45, 2.75) is 70.8 Å². The van der Waals surface area contributed by atoms with Gasteiger partial charge in [-0.2, -0.15) is 0 Å². The standard InChI is InChI=1S/C14H26O3/c1-13-14(15)17-12-10-8-6-4-2-3-5-7-9-11-16-13/h13H,2-12H2,1H3/t13-/m1/s1. The summed E-state index contributed by atoms with van der Waals surface area (Å²) in [6.07, 6.45) is 10.6. The van der Waals surface area contributed by atoms with Crippen LogP contribution in [-0.4, -0.2) is 25.3 Å². The van der Waals surface area contributed by atoms with E-state index >= 15 is 0 Å². The number of rotatable bonds is 0. The molecule has 0 aromatic heterocycles. The highest BCUT2D eigenvalue weighted by molar-refractivity contribution is 5.74. The Balaban J connectivity index is 2.24. The lowest BCUT2D eigenvalue weighted by atomic mass is 10.1. The summed E-state index contributed by atoms with van der Waals surface area (Å²) < 4.78 is 10.6. The molecule has 1 saturated heterocycles. The van der Waals surface area contributed by atoms with E-state index < -0.39 is 6.10 Å². The molecule has 0 saturated carbocycles. The quantitative estimate of drug-likeness (QED) is 0.610. The molecule has 0 unspecified atom stereocenters. The van der Waals surface area contributed by atoms with Crippen LogP contribution < -0.4 is 0 Å². The zero-order valence-corrected chi connectivity index (χ0v) is 11.1. The lowest BCUT2D eigenvalue weighted by Gasteiger charge is -2.12. The fourth-order valence-corrected chi connectivity index (χ4v) is 2.06. The topological polar surface area (TPSA) is 35.5 Å². The van der Waals surface area contributed by atoms with E-state index in [-0.39, 0.29) is 5.97 Å². The average molecular weight is 242 g/mol. The minimum atomic E-state index is -0.403. The Labute approximate surface area is 105 Å². The fourth-order valence-electron chi connectivity index (χ4n) is 2.06. The summed E-state index contributed by atoms with van der Waals surface area (Å²) in [7, 11) is 0. The molecule has 1 atom stereocenters. The van der Waals surface area contributed by atoms with Crippen LogP contribution in [-0.2, 0) is 14.3 Å². The molecule has 1 aliphatic rings. The van der Waals surface area contributed by atoms with Crippen molar-refractivity contribution < 1.29 is 14.3 Å². The lowest BCUT2D eigenvalue weighted by molar-refractivity contribution is -0.156. The van der Waals surface area contributed by atoms with E-state index in [1.165, 1.54) is 44.9 Å². The molecule has 1 heterocycles. The van der Waals surface area contributed by atoms with Gasteiger partial charge in [0.2, 0.25) is 0 Å². The predicted molar refractivity (Wildman–Crippen MR) is 67.9 cm³/mol. The first-order valence-electron chi connectivity index (χ1n) is 7.09. The molecule has 1 fully saturated rings. The number of hydrogen-bond acceptors (Lipinski definition) is 3. The Morgan fingerprint density at radius 1 is 0.824 bits per heavy atom. The molecular weight excluding hydrogens is 216 g/mol. The molecule has 0 spiro atoms. The second kappa shape index (κ2) is 9.46. The number of carbonyl (C=O) groups is 1. The summed E-state index contributed by atoms with van der Waals surface area (Å²) in [6, 6.07) is 0. The second-order valence-corrected chi connectivity index (χ2v) is 4.86. The third-order valence-corrected chi connectivity index (χ3v) is 3.23. The summed E-state index contributed by atoms with van der Waals surface area (Å²) in [5.41, 5.74) is 0. The maximum atomic E-state index is 11.5. The molecular formula is C14H26O3. The number of cyclic esters (lactones) is 1. The smallest absolute Gasteiger partial charge is 0.334 e. The summed E-state index contributed by atoms with van der Waals surface area (Å²) >= 11 is 0. The molecule has 1 rings (SSSR count). The summed E-state index contributed by atoms with van der Waals surface area (Å²) in [4.78, 5) is 11.5. The first kappa shape index (κ1) is 14.5. The Bertz CT molecular complexity index is 204. The molecule has 0 aromatic carbocycles. The van der Waals surface area contributed by atoms with Crippen molar-refractivity contribution in [3.8, 4) is 0 Å². The van der Waals surface area contributed by atoms with Crippen LogP contribution in [0.2, 0.25) is 0 Å². The normalized spacial score (nSPS) is 26.6. The number of ether oxygens (including phenoxy) is 2. The van der Waals surface area contributed by atoms with Gasteiger partial charge in [-0.1, -0.05) is 44.9 Å². The third kappa shape index (κ3) is 7.37. The highest BCUT2D eigenvalue weighted by Gasteiger charge is 2.14. The van der Waals surface area contributed by atoms with Crippen LogP contribution in [0.4, 0.5) is 0 Å². The Kier molecular flexibility index (Phi) is 8.06. The van der Waals surface area contributed by atoms with Crippen molar-refractivity contribution in [2.75, 3.05) is 13.2 Å². The van der Waals surface area contributed by atoms with Crippen LogP contribution in [0.15, 0.2) is 0 Å². The molecule has 3 nitrogen and oxygen atoms in total. The molecule has 0 amide bonds. The van der Waals surface area contributed by atoms with E-state index in [0.717, 1.165) is 12.8 Å². The van der Waals surface area contributed by atoms with Gasteiger partial charge in [-0.25, -0.2) is 4.79 Å². The fraction of sp³-hybridized carbons (Fsp3) is 0.929. The van der Waals surface area contributed by atoms with Crippen LogP contribution in [0.25, 0.3) is 0 Å². The van der Waals surface area contributed by atoms with Gasteiger partial charge in [-0.15, -0.1) is 0 Å². The van der Waals surface area contributed by atoms with Gasteiger partial charge in [-0.05, 0) is 19.8 Å². The number of esters is 1. The van der Waals surface area contributed by atoms with Crippen molar-refractivity contribution in [3.63, 3.8) is 0 Å². The molecule has 3 heteroatoms. The molecule has 0 radical (unpaired) electrons. The molecule has 0 N–H and O–H groups in total. The molecule has 1 aliphatic heterocycles. The van der Waals surface area contributed by atoms with E-state index in [2.05, 4.69) is 0 Å². The van der Waals surface area contributed by atoms with E-state index in [1.54, 1.807) is 6.92 Å². The lowest BCUT2D eigenvalue weighted by Crippen LogP contribution is -2.24. The third-order valence-electron chi connectivity index (χ3n) is 3.23. The number of carbonyl (C=O) groups excluding carboxylic acids is 1. The van der Waals surface area contributed by atoms with Gasteiger partial charge in [0.15, 0.2) is 6.10 Å². The van der Waals surface area contributed by atoms with Crippen molar-refractivity contribution >= 4 is 5.97 Å². The van der Waals surface area contributed by atoms with Crippen LogP contribution in [0, 0.1) is 0 Å². The van der Waals surface area contributed by atoms with Gasteiger partial charge in [0.1, 0.15) is 0 Å². The van der Waals surface area contributed by atoms with Crippen molar-refractivity contribution in [1.82, 2.24) is 0 Å². The van der Waals surface area contributed by atoms with Gasteiger partial charge >= 0.3 is 5.97 Å². The molecule has 100 valence electrons. The highest BCUT2D eigenvalue weighted by atomic mass is 16.6. The minimum absolute atomic E-state index is 0.208. The molecule has 0 aromatic rings. The predicted octanol–water partition coefficient (Wildman–Crippen LogP) is 3.46. The molecule has 17 heavy (non-hydrogen) atoms. The van der Waals surface area contributed by atoms with Crippen LogP contribution in [0.1, 0.15) is 64.7 Å². The summed E-state index contributed by atoms with van der Waals surface area (Å²) in [6.45, 7) is 3.00. The van der Waals surface area contributed by atoms with Gasteiger partial charge < -0.3 is 9.47 Å². The van der Waals surface area contributed by atoms with E-state index in [4.69, 9.17) is 9.47 Å². The van der Waals surface area contributed by atoms with Gasteiger partial charge in [-0.3, -0.25) is 0 Å². The first-order chi connectivity index (χ1) is 8.30. The van der Waals surface area contributed by atoms with Crippen molar-refractivity contribution in [3.05, 3.63) is 0 Å². The monoisotopic (exact) mass is 242 g/mol. The largest absolute Gasteiger partial charge is 0.464 e. The van der Waals surface area contributed by atoms with Crippen LogP contribution >= 0.6 is 0 Å². The number of hydrogen-bond donors (Lipinski definition) is 0. The first-order valence-corrected chi connectivity index (χ1v) is 7.09. The summed E-state index contributed by atoms with van der Waals surface area (Å²) in [5, 5.41) is 0. The van der Waals surface area contributed by atoms with Crippen LogP contribution in [0.5, 0.6) is 0 Å². The van der Waals surface area contributed by atoms with Gasteiger partial charge in [0.25, 0.3) is 0 Å². The summed E-state index contributed by atoms with van der Waals surface area (Å²) in [5.74, 6) is -0.208. The van der Waals surface area contributed by atoms with Crippen LogP contribution in [0.3, 0.4) is 0 Å². The molecule has 0 aliphatic carbocycles. The zero-order chi connectivity index (χ0) is 12.3. The maximum Gasteiger partial charge on any atom is 0.334 e.